The summed E-state index contributed by atoms with van der Waals surface area (Å²) in [5.74, 6) is -0.867. The van der Waals surface area contributed by atoms with Gasteiger partial charge < -0.3 is 15.0 Å². The van der Waals surface area contributed by atoms with Crippen LogP contribution in [0.15, 0.2) is 47.3 Å². The number of methoxy groups -OCH3 is 1. The van der Waals surface area contributed by atoms with E-state index >= 15 is 0 Å². The van der Waals surface area contributed by atoms with Gasteiger partial charge in [-0.1, -0.05) is 24.3 Å². The zero-order valence-electron chi connectivity index (χ0n) is 17.9. The van der Waals surface area contributed by atoms with E-state index in [2.05, 4.69) is 15.5 Å². The summed E-state index contributed by atoms with van der Waals surface area (Å²) in [7, 11) is 1.65. The minimum Gasteiger partial charge on any atom is -0.383 e. The maximum Gasteiger partial charge on any atom is 0.272 e. The average Bonchev–Trinajstić information content (AvgIpc) is 2.73. The van der Waals surface area contributed by atoms with Gasteiger partial charge in [0.05, 0.1) is 23.3 Å². The number of nitrogens with zero attached hydrogens (tertiary/aromatic N) is 2. The molecule has 170 valence electrons. The molecular formula is C23H26ClFN4O3. The van der Waals surface area contributed by atoms with Gasteiger partial charge in [0.15, 0.2) is 0 Å². The molecule has 2 aromatic carbocycles. The zero-order valence-corrected chi connectivity index (χ0v) is 18.7. The Bertz CT molecular complexity index is 1160. The van der Waals surface area contributed by atoms with E-state index in [4.69, 9.17) is 4.74 Å². The molecule has 7 nitrogen and oxygen atoms in total. The Balaban J connectivity index is 0.00000289. The van der Waals surface area contributed by atoms with Crippen molar-refractivity contribution in [3.8, 4) is 0 Å². The second-order valence-electron chi connectivity index (χ2n) is 7.97. The number of benzene rings is 2. The molecule has 1 aromatic heterocycles. The lowest BCUT2D eigenvalue weighted by atomic mass is 10.0. The first-order valence-electron chi connectivity index (χ1n) is 10.2. The Labute approximate surface area is 191 Å². The Kier molecular flexibility index (Phi) is 7.60. The first kappa shape index (κ1) is 23.8. The maximum absolute atomic E-state index is 14.5. The van der Waals surface area contributed by atoms with Gasteiger partial charge in [-0.15, -0.1) is 12.4 Å². The van der Waals surface area contributed by atoms with Crippen molar-refractivity contribution in [1.82, 2.24) is 20.4 Å². The van der Waals surface area contributed by atoms with Crippen LogP contribution in [-0.2, 0) is 11.2 Å². The molecule has 0 saturated carbocycles. The minimum atomic E-state index is -0.544. The monoisotopic (exact) mass is 460 g/mol. The molecule has 1 atom stereocenters. The molecule has 32 heavy (non-hydrogen) atoms. The number of hydrogen-bond acceptors (Lipinski definition) is 5. The number of nitrogens with one attached hydrogen (secondary N) is 2. The van der Waals surface area contributed by atoms with Crippen molar-refractivity contribution in [3.63, 3.8) is 0 Å². The standard InChI is InChI=1S/C23H25FN4O3.ClH/c1-14(13-31-2)25-16-11-28(12-16)23(30)19-9-15(7-8-20(19)24)10-21-17-5-3-4-6-18(17)22(29)27-26-21;/h3-9,14,16,25H,10-13H2,1-2H3,(H,27,29);1H/t14-;/m1./s1. The molecule has 0 radical (unpaired) electrons. The topological polar surface area (TPSA) is 87.3 Å². The lowest BCUT2D eigenvalue weighted by molar-refractivity contribution is 0.0527. The van der Waals surface area contributed by atoms with Gasteiger partial charge >= 0.3 is 0 Å². The van der Waals surface area contributed by atoms with Gasteiger partial charge in [0.1, 0.15) is 5.82 Å². The van der Waals surface area contributed by atoms with Gasteiger partial charge in [-0.2, -0.15) is 5.10 Å². The number of carbonyl (C=O) groups is 1. The molecular weight excluding hydrogens is 435 g/mol. The molecule has 2 N–H and O–H groups in total. The van der Waals surface area contributed by atoms with Crippen LogP contribution >= 0.6 is 12.4 Å². The quantitative estimate of drug-likeness (QED) is 0.565. The van der Waals surface area contributed by atoms with E-state index in [0.717, 1.165) is 10.9 Å². The van der Waals surface area contributed by atoms with Crippen molar-refractivity contribution in [2.24, 2.45) is 0 Å². The summed E-state index contributed by atoms with van der Waals surface area (Å²) >= 11 is 0. The van der Waals surface area contributed by atoms with Crippen molar-refractivity contribution in [2.75, 3.05) is 26.8 Å². The van der Waals surface area contributed by atoms with Crippen LogP contribution in [0, 0.1) is 5.82 Å². The van der Waals surface area contributed by atoms with E-state index in [1.165, 1.54) is 6.07 Å². The predicted molar refractivity (Wildman–Crippen MR) is 123 cm³/mol. The highest BCUT2D eigenvalue weighted by Crippen LogP contribution is 2.21. The molecule has 0 bridgehead atoms. The molecule has 3 aromatic rings. The number of rotatable bonds is 7. The molecule has 0 spiro atoms. The van der Waals surface area contributed by atoms with Gasteiger partial charge in [0.25, 0.3) is 11.5 Å². The first-order valence-corrected chi connectivity index (χ1v) is 10.2. The normalized spacial score (nSPS) is 14.7. The van der Waals surface area contributed by atoms with Crippen LogP contribution in [0.2, 0.25) is 0 Å². The van der Waals surface area contributed by atoms with Gasteiger partial charge in [-0.25, -0.2) is 9.49 Å². The number of fused-ring (bicyclic) bond motifs is 1. The summed E-state index contributed by atoms with van der Waals surface area (Å²) < 4.78 is 19.6. The first-order chi connectivity index (χ1) is 15.0. The van der Waals surface area contributed by atoms with Crippen molar-refractivity contribution in [3.05, 3.63) is 75.5 Å². The molecule has 1 aliphatic rings. The highest BCUT2D eigenvalue weighted by atomic mass is 35.5. The summed E-state index contributed by atoms with van der Waals surface area (Å²) in [6.45, 7) is 3.67. The molecule has 1 amide bonds. The van der Waals surface area contributed by atoms with E-state index in [1.54, 1.807) is 36.3 Å². The van der Waals surface area contributed by atoms with E-state index in [1.807, 2.05) is 19.1 Å². The molecule has 0 aliphatic carbocycles. The van der Waals surface area contributed by atoms with E-state index in [-0.39, 0.29) is 41.5 Å². The van der Waals surface area contributed by atoms with Gasteiger partial charge in [-0.3, -0.25) is 9.59 Å². The lowest BCUT2D eigenvalue weighted by Crippen LogP contribution is -2.61. The fourth-order valence-corrected chi connectivity index (χ4v) is 3.97. The second-order valence-corrected chi connectivity index (χ2v) is 7.97. The highest BCUT2D eigenvalue weighted by Gasteiger charge is 2.33. The smallest absolute Gasteiger partial charge is 0.272 e. The van der Waals surface area contributed by atoms with E-state index in [9.17, 15) is 14.0 Å². The minimum absolute atomic E-state index is 0. The molecule has 2 heterocycles. The third-order valence-electron chi connectivity index (χ3n) is 5.51. The molecule has 1 saturated heterocycles. The Morgan fingerprint density at radius 2 is 2.00 bits per heavy atom. The van der Waals surface area contributed by atoms with Crippen molar-refractivity contribution in [1.29, 1.82) is 0 Å². The van der Waals surface area contributed by atoms with Crippen molar-refractivity contribution >= 4 is 29.1 Å². The maximum atomic E-state index is 14.5. The third kappa shape index (κ3) is 4.98. The second kappa shape index (κ2) is 10.2. The molecule has 9 heteroatoms. The average molecular weight is 461 g/mol. The summed E-state index contributed by atoms with van der Waals surface area (Å²) in [4.78, 5) is 26.5. The lowest BCUT2D eigenvalue weighted by Gasteiger charge is -2.41. The SMILES string of the molecule is COC[C@@H](C)NC1CN(C(=O)c2cc(Cc3n[nH]c(=O)c4ccccc34)ccc2F)C1.Cl. The molecule has 1 fully saturated rings. The predicted octanol–water partition coefficient (Wildman–Crippen LogP) is 2.52. The molecule has 4 rings (SSSR count). The Hall–Kier alpha value is -2.81. The van der Waals surface area contributed by atoms with Crippen molar-refractivity contribution < 1.29 is 13.9 Å². The Morgan fingerprint density at radius 3 is 2.72 bits per heavy atom. The van der Waals surface area contributed by atoms with Gasteiger partial charge in [0.2, 0.25) is 0 Å². The third-order valence-corrected chi connectivity index (χ3v) is 5.51. The fraction of sp³-hybridized carbons (Fsp3) is 0.348. The summed E-state index contributed by atoms with van der Waals surface area (Å²) in [6.07, 6.45) is 0.372. The fourth-order valence-electron chi connectivity index (χ4n) is 3.97. The summed E-state index contributed by atoms with van der Waals surface area (Å²) in [5.41, 5.74) is 1.21. The number of ether oxygens (including phenoxy) is 1. The van der Waals surface area contributed by atoms with Crippen LogP contribution in [0.1, 0.15) is 28.5 Å². The van der Waals surface area contributed by atoms with E-state index in [0.29, 0.717) is 37.2 Å². The Morgan fingerprint density at radius 1 is 1.28 bits per heavy atom. The number of likely N-dealkylation sites (tertiary alicyclic amines) is 1. The van der Waals surface area contributed by atoms with Crippen LogP contribution in [0.5, 0.6) is 0 Å². The number of carbonyl (C=O) groups excluding carboxylic acids is 1. The van der Waals surface area contributed by atoms with Crippen LogP contribution in [0.25, 0.3) is 10.8 Å². The van der Waals surface area contributed by atoms with Crippen LogP contribution < -0.4 is 10.9 Å². The number of aromatic nitrogens is 2. The number of H-pyrrole nitrogens is 1. The molecule has 1 aliphatic heterocycles. The number of hydrogen-bond donors (Lipinski definition) is 2. The number of amides is 1. The highest BCUT2D eigenvalue weighted by molar-refractivity contribution is 5.95. The van der Waals surface area contributed by atoms with Crippen molar-refractivity contribution in [2.45, 2.75) is 25.4 Å². The summed E-state index contributed by atoms with van der Waals surface area (Å²) in [6, 6.07) is 12.1. The van der Waals surface area contributed by atoms with Crippen LogP contribution in [0.4, 0.5) is 4.39 Å². The zero-order chi connectivity index (χ0) is 22.0. The van der Waals surface area contributed by atoms with Crippen LogP contribution in [0.3, 0.4) is 0 Å². The molecule has 0 unspecified atom stereocenters. The van der Waals surface area contributed by atoms with Gasteiger partial charge in [0, 0.05) is 44.1 Å². The summed E-state index contributed by atoms with van der Waals surface area (Å²) in [5, 5.41) is 11.3. The largest absolute Gasteiger partial charge is 0.383 e. The number of aromatic amines is 1. The van der Waals surface area contributed by atoms with Crippen LogP contribution in [-0.4, -0.2) is 59.9 Å². The van der Waals surface area contributed by atoms with Gasteiger partial charge in [-0.05, 0) is 30.7 Å². The van der Waals surface area contributed by atoms with E-state index < -0.39 is 5.82 Å². The number of halogens is 2.